The first kappa shape index (κ1) is 22.6. The molecule has 32 heavy (non-hydrogen) atoms. The Balaban J connectivity index is 1.44. The molecule has 1 saturated carbocycles. The first-order chi connectivity index (χ1) is 15.2. The van der Waals surface area contributed by atoms with Crippen molar-refractivity contribution >= 4 is 46.5 Å². The SMILES string of the molecule is Nc1nc(Nc2cc(Cl)c(-c3ccc(NC(O)C4CCC(F)(F)CC4)cc3)c(Cl)c2)n[nH]1. The summed E-state index contributed by atoms with van der Waals surface area (Å²) in [6, 6.07) is 10.6. The minimum Gasteiger partial charge on any atom is -0.374 e. The number of aromatic nitrogens is 3. The fraction of sp³-hybridized carbons (Fsp3) is 0.333. The summed E-state index contributed by atoms with van der Waals surface area (Å²) >= 11 is 12.9. The molecule has 1 fully saturated rings. The Kier molecular flexibility index (Phi) is 6.41. The van der Waals surface area contributed by atoms with E-state index in [-0.39, 0.29) is 43.5 Å². The van der Waals surface area contributed by atoms with Crippen molar-refractivity contribution in [2.45, 2.75) is 37.8 Å². The molecule has 4 rings (SSSR count). The van der Waals surface area contributed by atoms with Crippen molar-refractivity contribution in [3.63, 3.8) is 0 Å². The van der Waals surface area contributed by atoms with Crippen molar-refractivity contribution in [1.82, 2.24) is 15.2 Å². The lowest BCUT2D eigenvalue weighted by molar-refractivity contribution is -0.0589. The van der Waals surface area contributed by atoms with Gasteiger partial charge in [0.25, 0.3) is 0 Å². The zero-order valence-corrected chi connectivity index (χ0v) is 18.4. The summed E-state index contributed by atoms with van der Waals surface area (Å²) in [5.74, 6) is -2.36. The number of alkyl halides is 2. The molecule has 11 heteroatoms. The molecule has 0 spiro atoms. The fourth-order valence-electron chi connectivity index (χ4n) is 3.78. The van der Waals surface area contributed by atoms with Gasteiger partial charge in [0.15, 0.2) is 0 Å². The second-order valence-electron chi connectivity index (χ2n) is 7.84. The number of nitrogens with zero attached hydrogens (tertiary/aromatic N) is 2. The zero-order valence-electron chi connectivity index (χ0n) is 16.9. The standard InChI is InChI=1S/C21H22Cl2F2N6O/c22-15-9-14(28-20-29-19(26)30-31-20)10-16(23)17(15)11-1-3-13(4-2-11)27-18(32)12-5-7-21(24,25)8-6-12/h1-4,9-10,12,18,27,32H,5-8H2,(H4,26,28,29,30,31). The summed E-state index contributed by atoms with van der Waals surface area (Å²) in [5.41, 5.74) is 8.22. The van der Waals surface area contributed by atoms with Crippen molar-refractivity contribution in [2.75, 3.05) is 16.4 Å². The highest BCUT2D eigenvalue weighted by atomic mass is 35.5. The number of hydrogen-bond acceptors (Lipinski definition) is 6. The van der Waals surface area contributed by atoms with Crippen molar-refractivity contribution in [1.29, 1.82) is 0 Å². The van der Waals surface area contributed by atoms with Crippen molar-refractivity contribution in [2.24, 2.45) is 5.92 Å². The number of rotatable bonds is 6. The molecule has 7 nitrogen and oxygen atoms in total. The number of nitrogens with two attached hydrogens (primary N) is 1. The van der Waals surface area contributed by atoms with E-state index in [0.717, 1.165) is 5.56 Å². The van der Waals surface area contributed by atoms with E-state index in [9.17, 15) is 13.9 Å². The highest BCUT2D eigenvalue weighted by Crippen LogP contribution is 2.39. The number of aromatic amines is 1. The Morgan fingerprint density at radius 2 is 1.72 bits per heavy atom. The molecule has 0 bridgehead atoms. The Bertz CT molecular complexity index is 1060. The van der Waals surface area contributed by atoms with E-state index >= 15 is 0 Å². The summed E-state index contributed by atoms with van der Waals surface area (Å²) < 4.78 is 26.7. The molecule has 0 saturated heterocycles. The first-order valence-electron chi connectivity index (χ1n) is 10.1. The van der Waals surface area contributed by atoms with Crippen LogP contribution in [0.15, 0.2) is 36.4 Å². The molecular formula is C21H22Cl2F2N6O. The van der Waals surface area contributed by atoms with Crippen LogP contribution >= 0.6 is 23.2 Å². The van der Waals surface area contributed by atoms with Gasteiger partial charge in [-0.15, -0.1) is 5.10 Å². The summed E-state index contributed by atoms with van der Waals surface area (Å²) in [6.45, 7) is 0. The monoisotopic (exact) mass is 482 g/mol. The molecular weight excluding hydrogens is 461 g/mol. The van der Waals surface area contributed by atoms with Gasteiger partial charge in [-0.1, -0.05) is 35.3 Å². The predicted molar refractivity (Wildman–Crippen MR) is 123 cm³/mol. The Hall–Kier alpha value is -2.62. The van der Waals surface area contributed by atoms with Crippen LogP contribution in [0, 0.1) is 5.92 Å². The van der Waals surface area contributed by atoms with Gasteiger partial charge in [-0.2, -0.15) is 4.98 Å². The van der Waals surface area contributed by atoms with E-state index in [2.05, 4.69) is 25.8 Å². The van der Waals surface area contributed by atoms with E-state index < -0.39 is 12.2 Å². The third-order valence-electron chi connectivity index (χ3n) is 5.50. The van der Waals surface area contributed by atoms with Gasteiger partial charge in [0.1, 0.15) is 6.23 Å². The Morgan fingerprint density at radius 1 is 1.09 bits per heavy atom. The van der Waals surface area contributed by atoms with E-state index in [0.29, 0.717) is 27.0 Å². The fourth-order valence-corrected chi connectivity index (χ4v) is 4.49. The van der Waals surface area contributed by atoms with Gasteiger partial charge >= 0.3 is 0 Å². The molecule has 0 amide bonds. The van der Waals surface area contributed by atoms with Crippen molar-refractivity contribution in [3.8, 4) is 11.1 Å². The number of nitrogens with one attached hydrogen (secondary N) is 3. The average Bonchev–Trinajstić information content (AvgIpc) is 3.13. The third-order valence-corrected chi connectivity index (χ3v) is 6.09. The molecule has 0 radical (unpaired) electrons. The van der Waals surface area contributed by atoms with Crippen molar-refractivity contribution in [3.05, 3.63) is 46.4 Å². The summed E-state index contributed by atoms with van der Waals surface area (Å²) in [4.78, 5) is 3.97. The third kappa shape index (κ3) is 5.23. The molecule has 1 heterocycles. The molecule has 1 atom stereocenters. The maximum absolute atomic E-state index is 13.3. The van der Waals surface area contributed by atoms with Crippen LogP contribution in [0.1, 0.15) is 25.7 Å². The van der Waals surface area contributed by atoms with E-state index in [1.165, 1.54) is 0 Å². The minimum atomic E-state index is -2.62. The van der Waals surface area contributed by atoms with E-state index in [1.807, 2.05) is 12.1 Å². The minimum absolute atomic E-state index is 0.182. The summed E-state index contributed by atoms with van der Waals surface area (Å²) in [7, 11) is 0. The number of benzene rings is 2. The number of anilines is 4. The van der Waals surface area contributed by atoms with Crippen LogP contribution in [0.3, 0.4) is 0 Å². The average molecular weight is 483 g/mol. The molecule has 1 aliphatic rings. The molecule has 3 aromatic rings. The van der Waals surface area contributed by atoms with Gasteiger partial charge in [0, 0.05) is 35.7 Å². The Labute approximate surface area is 193 Å². The van der Waals surface area contributed by atoms with Crippen LogP contribution in [0.25, 0.3) is 11.1 Å². The Morgan fingerprint density at radius 3 is 2.28 bits per heavy atom. The number of aliphatic hydroxyl groups excluding tert-OH is 1. The highest BCUT2D eigenvalue weighted by molar-refractivity contribution is 6.39. The van der Waals surface area contributed by atoms with Crippen LogP contribution in [0.2, 0.25) is 10.0 Å². The molecule has 1 aromatic heterocycles. The molecule has 6 N–H and O–H groups in total. The first-order valence-corrected chi connectivity index (χ1v) is 10.8. The summed E-state index contributed by atoms with van der Waals surface area (Å²) in [6.07, 6.45) is -0.711. The maximum atomic E-state index is 13.3. The highest BCUT2D eigenvalue weighted by Gasteiger charge is 2.37. The van der Waals surface area contributed by atoms with Gasteiger partial charge in [0.05, 0.1) is 10.0 Å². The smallest absolute Gasteiger partial charge is 0.248 e. The largest absolute Gasteiger partial charge is 0.374 e. The van der Waals surface area contributed by atoms with Gasteiger partial charge < -0.3 is 21.5 Å². The van der Waals surface area contributed by atoms with Gasteiger partial charge in [0.2, 0.25) is 17.8 Å². The van der Waals surface area contributed by atoms with Crippen molar-refractivity contribution < 1.29 is 13.9 Å². The predicted octanol–water partition coefficient (Wildman–Crippen LogP) is 5.66. The van der Waals surface area contributed by atoms with Gasteiger partial charge in [-0.05, 0) is 42.7 Å². The normalized spacial score (nSPS) is 17.2. The van der Waals surface area contributed by atoms with E-state index in [4.69, 9.17) is 28.9 Å². The van der Waals surface area contributed by atoms with Crippen LogP contribution in [-0.4, -0.2) is 32.4 Å². The van der Waals surface area contributed by atoms with Gasteiger partial charge in [-0.3, -0.25) is 0 Å². The zero-order chi connectivity index (χ0) is 22.9. The number of hydrogen-bond donors (Lipinski definition) is 5. The lowest BCUT2D eigenvalue weighted by Crippen LogP contribution is -2.35. The molecule has 2 aromatic carbocycles. The number of H-pyrrole nitrogens is 1. The lowest BCUT2D eigenvalue weighted by Gasteiger charge is -2.31. The molecule has 0 aliphatic heterocycles. The number of nitrogen functional groups attached to an aromatic ring is 1. The quantitative estimate of drug-likeness (QED) is 0.289. The van der Waals surface area contributed by atoms with Crippen LogP contribution < -0.4 is 16.4 Å². The number of halogens is 4. The van der Waals surface area contributed by atoms with E-state index in [1.54, 1.807) is 24.3 Å². The van der Waals surface area contributed by atoms with Crippen LogP contribution in [0.4, 0.5) is 32.1 Å². The second-order valence-corrected chi connectivity index (χ2v) is 8.66. The van der Waals surface area contributed by atoms with Crippen LogP contribution in [-0.2, 0) is 0 Å². The van der Waals surface area contributed by atoms with Crippen LogP contribution in [0.5, 0.6) is 0 Å². The summed E-state index contributed by atoms with van der Waals surface area (Å²) in [5, 5.41) is 23.6. The number of aliphatic hydroxyl groups is 1. The second kappa shape index (κ2) is 9.09. The molecule has 170 valence electrons. The molecule has 1 aliphatic carbocycles. The molecule has 1 unspecified atom stereocenters. The maximum Gasteiger partial charge on any atom is 0.248 e. The van der Waals surface area contributed by atoms with Gasteiger partial charge in [-0.25, -0.2) is 13.9 Å². The lowest BCUT2D eigenvalue weighted by atomic mass is 9.85. The topological polar surface area (TPSA) is 112 Å².